The zero-order valence-corrected chi connectivity index (χ0v) is 6.97. The van der Waals surface area contributed by atoms with Gasteiger partial charge in [-0.1, -0.05) is 0 Å². The first-order valence-electron chi connectivity index (χ1n) is 3.89. The Morgan fingerprint density at radius 1 is 1.29 bits per heavy atom. The lowest BCUT2D eigenvalue weighted by Gasteiger charge is -2.04. The molecule has 0 bridgehead atoms. The van der Waals surface area contributed by atoms with Crippen molar-refractivity contribution >= 4 is 11.0 Å². The number of halogens is 3. The SMILES string of the molecule is FC(F)(F)Cc1cnc2[nH]ncc2c1. The number of hydrogen-bond acceptors (Lipinski definition) is 2. The van der Waals surface area contributed by atoms with Gasteiger partial charge in [0.1, 0.15) is 0 Å². The van der Waals surface area contributed by atoms with Crippen LogP contribution in [0.4, 0.5) is 13.2 Å². The summed E-state index contributed by atoms with van der Waals surface area (Å²) in [4.78, 5) is 3.81. The molecule has 2 aromatic rings. The Hall–Kier alpha value is -1.59. The Labute approximate surface area is 77.0 Å². The highest BCUT2D eigenvalue weighted by atomic mass is 19.4. The van der Waals surface area contributed by atoms with Gasteiger partial charge >= 0.3 is 6.18 Å². The van der Waals surface area contributed by atoms with Gasteiger partial charge < -0.3 is 0 Å². The zero-order valence-electron chi connectivity index (χ0n) is 6.97. The van der Waals surface area contributed by atoms with Gasteiger partial charge in [-0.15, -0.1) is 0 Å². The monoisotopic (exact) mass is 201 g/mol. The molecule has 3 nitrogen and oxygen atoms in total. The number of aromatic nitrogens is 3. The first-order valence-corrected chi connectivity index (χ1v) is 3.89. The number of aromatic amines is 1. The number of hydrogen-bond donors (Lipinski definition) is 1. The Morgan fingerprint density at radius 3 is 2.79 bits per heavy atom. The van der Waals surface area contributed by atoms with E-state index in [4.69, 9.17) is 0 Å². The van der Waals surface area contributed by atoms with E-state index in [-0.39, 0.29) is 5.56 Å². The third-order valence-corrected chi connectivity index (χ3v) is 1.75. The summed E-state index contributed by atoms with van der Waals surface area (Å²) in [5, 5.41) is 6.83. The van der Waals surface area contributed by atoms with E-state index in [0.29, 0.717) is 11.0 Å². The molecule has 0 aliphatic rings. The molecule has 0 aliphatic heterocycles. The minimum Gasteiger partial charge on any atom is -0.261 e. The molecule has 0 spiro atoms. The summed E-state index contributed by atoms with van der Waals surface area (Å²) in [5.74, 6) is 0. The van der Waals surface area contributed by atoms with Crippen molar-refractivity contribution in [2.24, 2.45) is 0 Å². The van der Waals surface area contributed by atoms with E-state index in [9.17, 15) is 13.2 Å². The maximum absolute atomic E-state index is 12.0. The fraction of sp³-hybridized carbons (Fsp3) is 0.250. The number of nitrogens with zero attached hydrogens (tertiary/aromatic N) is 2. The van der Waals surface area contributed by atoms with E-state index in [1.54, 1.807) is 0 Å². The second-order valence-corrected chi connectivity index (χ2v) is 2.94. The van der Waals surface area contributed by atoms with E-state index >= 15 is 0 Å². The third-order valence-electron chi connectivity index (χ3n) is 1.75. The number of pyridine rings is 1. The maximum Gasteiger partial charge on any atom is 0.393 e. The van der Waals surface area contributed by atoms with Gasteiger partial charge in [0.05, 0.1) is 12.6 Å². The van der Waals surface area contributed by atoms with Crippen LogP contribution in [0.5, 0.6) is 0 Å². The van der Waals surface area contributed by atoms with Gasteiger partial charge in [0.15, 0.2) is 5.65 Å². The standard InChI is InChI=1S/C8H6F3N3/c9-8(10,11)2-5-1-6-4-13-14-7(6)12-3-5/h1,3-4H,2H2,(H,12,13,14). The first-order chi connectivity index (χ1) is 6.54. The molecule has 0 saturated carbocycles. The molecule has 0 amide bonds. The smallest absolute Gasteiger partial charge is 0.261 e. The van der Waals surface area contributed by atoms with E-state index in [2.05, 4.69) is 15.2 Å². The van der Waals surface area contributed by atoms with Crippen molar-refractivity contribution in [1.29, 1.82) is 0 Å². The van der Waals surface area contributed by atoms with Gasteiger partial charge in [-0.3, -0.25) is 5.10 Å². The third kappa shape index (κ3) is 1.84. The number of alkyl halides is 3. The summed E-state index contributed by atoms with van der Waals surface area (Å²) in [6.07, 6.45) is -2.50. The van der Waals surface area contributed by atoms with Crippen LogP contribution in [0.2, 0.25) is 0 Å². The predicted molar refractivity (Wildman–Crippen MR) is 43.6 cm³/mol. The van der Waals surface area contributed by atoms with Gasteiger partial charge in [0.25, 0.3) is 0 Å². The quantitative estimate of drug-likeness (QED) is 0.767. The van der Waals surface area contributed by atoms with Crippen molar-refractivity contribution < 1.29 is 13.2 Å². The first kappa shape index (κ1) is 8.98. The fourth-order valence-corrected chi connectivity index (χ4v) is 1.21. The molecule has 2 rings (SSSR count). The van der Waals surface area contributed by atoms with Crippen LogP contribution in [-0.2, 0) is 6.42 Å². The van der Waals surface area contributed by atoms with Crippen LogP contribution in [-0.4, -0.2) is 21.4 Å². The van der Waals surface area contributed by atoms with E-state index in [1.165, 1.54) is 18.5 Å². The summed E-state index contributed by atoms with van der Waals surface area (Å²) in [6.45, 7) is 0. The molecule has 74 valence electrons. The number of nitrogens with one attached hydrogen (secondary N) is 1. The Bertz CT molecular complexity index is 446. The second-order valence-electron chi connectivity index (χ2n) is 2.94. The maximum atomic E-state index is 12.0. The summed E-state index contributed by atoms with van der Waals surface area (Å²) < 4.78 is 36.0. The van der Waals surface area contributed by atoms with Crippen molar-refractivity contribution in [3.63, 3.8) is 0 Å². The normalized spacial score (nSPS) is 12.2. The van der Waals surface area contributed by atoms with Crippen LogP contribution >= 0.6 is 0 Å². The zero-order chi connectivity index (χ0) is 10.2. The van der Waals surface area contributed by atoms with Gasteiger partial charge in [-0.2, -0.15) is 18.3 Å². The molecule has 0 saturated heterocycles. The van der Waals surface area contributed by atoms with Gasteiger partial charge in [0.2, 0.25) is 0 Å². The summed E-state index contributed by atoms with van der Waals surface area (Å²) in [5.41, 5.74) is 0.641. The molecule has 1 N–H and O–H groups in total. The van der Waals surface area contributed by atoms with Crippen molar-refractivity contribution in [1.82, 2.24) is 15.2 Å². The molecule has 14 heavy (non-hydrogen) atoms. The molecule has 0 atom stereocenters. The highest BCUT2D eigenvalue weighted by Gasteiger charge is 2.27. The van der Waals surface area contributed by atoms with Gasteiger partial charge in [-0.05, 0) is 11.6 Å². The molecular formula is C8H6F3N3. The topological polar surface area (TPSA) is 41.6 Å². The molecule has 2 heterocycles. The van der Waals surface area contributed by atoms with Crippen molar-refractivity contribution in [2.45, 2.75) is 12.6 Å². The largest absolute Gasteiger partial charge is 0.393 e. The summed E-state index contributed by atoms with van der Waals surface area (Å²) in [6, 6.07) is 1.43. The second kappa shape index (κ2) is 2.97. The molecule has 0 aliphatic carbocycles. The molecular weight excluding hydrogens is 195 g/mol. The summed E-state index contributed by atoms with van der Waals surface area (Å²) >= 11 is 0. The average molecular weight is 201 g/mol. The van der Waals surface area contributed by atoms with E-state index in [0.717, 1.165) is 0 Å². The minimum atomic E-state index is -4.20. The van der Waals surface area contributed by atoms with Crippen LogP contribution in [0.25, 0.3) is 11.0 Å². The van der Waals surface area contributed by atoms with Crippen LogP contribution in [0.1, 0.15) is 5.56 Å². The van der Waals surface area contributed by atoms with E-state index < -0.39 is 12.6 Å². The Balaban J connectivity index is 2.35. The molecule has 0 aromatic carbocycles. The fourth-order valence-electron chi connectivity index (χ4n) is 1.21. The Morgan fingerprint density at radius 2 is 2.07 bits per heavy atom. The van der Waals surface area contributed by atoms with Crippen LogP contribution < -0.4 is 0 Å². The van der Waals surface area contributed by atoms with E-state index in [1.807, 2.05) is 0 Å². The molecule has 2 aromatic heterocycles. The van der Waals surface area contributed by atoms with Crippen molar-refractivity contribution in [2.75, 3.05) is 0 Å². The summed E-state index contributed by atoms with van der Waals surface area (Å²) in [7, 11) is 0. The average Bonchev–Trinajstić information content (AvgIpc) is 2.47. The number of H-pyrrole nitrogens is 1. The van der Waals surface area contributed by atoms with Crippen LogP contribution in [0.15, 0.2) is 18.5 Å². The van der Waals surface area contributed by atoms with Gasteiger partial charge in [-0.25, -0.2) is 4.98 Å². The van der Waals surface area contributed by atoms with Crippen molar-refractivity contribution in [3.8, 4) is 0 Å². The lowest BCUT2D eigenvalue weighted by atomic mass is 10.2. The highest BCUT2D eigenvalue weighted by Crippen LogP contribution is 2.22. The molecule has 0 unspecified atom stereocenters. The predicted octanol–water partition coefficient (Wildman–Crippen LogP) is 2.06. The lowest BCUT2D eigenvalue weighted by molar-refractivity contribution is -0.127. The minimum absolute atomic E-state index is 0.145. The highest BCUT2D eigenvalue weighted by molar-refractivity contribution is 5.73. The van der Waals surface area contributed by atoms with Crippen LogP contribution in [0, 0.1) is 0 Å². The van der Waals surface area contributed by atoms with Crippen molar-refractivity contribution in [3.05, 3.63) is 24.0 Å². The van der Waals surface area contributed by atoms with Gasteiger partial charge in [0, 0.05) is 11.6 Å². The molecule has 0 fully saturated rings. The Kier molecular flexibility index (Phi) is 1.90. The lowest BCUT2D eigenvalue weighted by Crippen LogP contribution is -2.11. The van der Waals surface area contributed by atoms with Crippen LogP contribution in [0.3, 0.4) is 0 Å². The number of fused-ring (bicyclic) bond motifs is 1. The number of rotatable bonds is 1. The molecule has 0 radical (unpaired) electrons. The molecule has 6 heteroatoms.